The minimum atomic E-state index is 0. The summed E-state index contributed by atoms with van der Waals surface area (Å²) in [5, 5.41) is 2.49. The molecular weight excluding hydrogens is 179 g/mol. The van der Waals surface area contributed by atoms with E-state index in [1.807, 2.05) is 0 Å². The molecule has 0 atom stereocenters. The summed E-state index contributed by atoms with van der Waals surface area (Å²) in [7, 11) is 0. The Bertz CT molecular complexity index is 418. The SMILES string of the molecule is CC(C)c1[c-]c2ccccc2cc1.[Na+]. The van der Waals surface area contributed by atoms with E-state index < -0.39 is 0 Å². The Morgan fingerprint density at radius 3 is 2.43 bits per heavy atom. The maximum atomic E-state index is 3.43. The van der Waals surface area contributed by atoms with Crippen LogP contribution >= 0.6 is 0 Å². The molecule has 0 aliphatic heterocycles. The molecule has 0 saturated heterocycles. The second-order valence-corrected chi connectivity index (χ2v) is 3.66. The molecule has 0 fully saturated rings. The van der Waals surface area contributed by atoms with Crippen molar-refractivity contribution < 1.29 is 29.6 Å². The van der Waals surface area contributed by atoms with Crippen LogP contribution in [0.1, 0.15) is 25.3 Å². The summed E-state index contributed by atoms with van der Waals surface area (Å²) in [6.45, 7) is 4.39. The van der Waals surface area contributed by atoms with Crippen molar-refractivity contribution in [2.24, 2.45) is 0 Å². The standard InChI is InChI=1S/C13H13.Na/c1-10(2)12-8-7-11-5-3-4-6-13(11)9-12;/h3-8,10H,1-2H3;/q-1;+1. The van der Waals surface area contributed by atoms with Gasteiger partial charge in [-0.3, -0.25) is 0 Å². The molecule has 0 aliphatic rings. The molecule has 0 saturated carbocycles. The number of rotatable bonds is 1. The van der Waals surface area contributed by atoms with Gasteiger partial charge < -0.3 is 0 Å². The molecule has 0 bridgehead atoms. The molecule has 0 amide bonds. The zero-order valence-electron chi connectivity index (χ0n) is 9.04. The molecule has 1 heteroatoms. The van der Waals surface area contributed by atoms with Gasteiger partial charge in [-0.05, 0) is 5.92 Å². The van der Waals surface area contributed by atoms with Crippen molar-refractivity contribution in [1.82, 2.24) is 0 Å². The number of hydrogen-bond acceptors (Lipinski definition) is 0. The van der Waals surface area contributed by atoms with E-state index in [0.29, 0.717) is 5.92 Å². The van der Waals surface area contributed by atoms with Crippen molar-refractivity contribution in [3.8, 4) is 0 Å². The average Bonchev–Trinajstić information content (AvgIpc) is 2.17. The molecule has 66 valence electrons. The molecule has 0 nitrogen and oxygen atoms in total. The molecule has 2 rings (SSSR count). The minimum Gasteiger partial charge on any atom is -0.143 e. The molecule has 0 aliphatic carbocycles. The van der Waals surface area contributed by atoms with Gasteiger partial charge in [0.15, 0.2) is 0 Å². The normalized spacial score (nSPS) is 10.2. The molecule has 2 aromatic rings. The van der Waals surface area contributed by atoms with Crippen LogP contribution in [0.2, 0.25) is 0 Å². The van der Waals surface area contributed by atoms with Gasteiger partial charge in [0, 0.05) is 0 Å². The topological polar surface area (TPSA) is 0 Å². The smallest absolute Gasteiger partial charge is 0.143 e. The van der Waals surface area contributed by atoms with Crippen molar-refractivity contribution in [3.63, 3.8) is 0 Å². The first-order valence-corrected chi connectivity index (χ1v) is 4.68. The Labute approximate surface area is 108 Å². The summed E-state index contributed by atoms with van der Waals surface area (Å²) in [5.74, 6) is 0.560. The Hall–Kier alpha value is -0.300. The van der Waals surface area contributed by atoms with Gasteiger partial charge >= 0.3 is 29.6 Å². The first-order chi connectivity index (χ1) is 6.27. The van der Waals surface area contributed by atoms with E-state index in [-0.39, 0.29) is 29.6 Å². The first-order valence-electron chi connectivity index (χ1n) is 4.68. The third-order valence-electron chi connectivity index (χ3n) is 2.30. The Balaban J connectivity index is 0.000000980. The fraction of sp³-hybridized carbons (Fsp3) is 0.231. The monoisotopic (exact) mass is 192 g/mol. The summed E-state index contributed by atoms with van der Waals surface area (Å²) in [5.41, 5.74) is 1.29. The fourth-order valence-corrected chi connectivity index (χ4v) is 1.47. The Morgan fingerprint density at radius 2 is 1.71 bits per heavy atom. The molecule has 14 heavy (non-hydrogen) atoms. The third kappa shape index (κ3) is 2.38. The maximum Gasteiger partial charge on any atom is 1.00 e. The van der Waals surface area contributed by atoms with Gasteiger partial charge in [0.1, 0.15) is 0 Å². The molecule has 0 unspecified atom stereocenters. The van der Waals surface area contributed by atoms with Gasteiger partial charge in [-0.25, -0.2) is 0 Å². The fourth-order valence-electron chi connectivity index (χ4n) is 1.47. The number of hydrogen-bond donors (Lipinski definition) is 0. The van der Waals surface area contributed by atoms with E-state index in [1.54, 1.807) is 0 Å². The molecule has 2 aromatic carbocycles. The van der Waals surface area contributed by atoms with E-state index >= 15 is 0 Å². The van der Waals surface area contributed by atoms with E-state index in [9.17, 15) is 0 Å². The van der Waals surface area contributed by atoms with Gasteiger partial charge in [0.2, 0.25) is 0 Å². The van der Waals surface area contributed by atoms with E-state index in [2.05, 4.69) is 56.3 Å². The molecular formula is C13H13Na. The quantitative estimate of drug-likeness (QED) is 0.462. The summed E-state index contributed by atoms with van der Waals surface area (Å²) in [6.07, 6.45) is 0. The largest absolute Gasteiger partial charge is 1.00 e. The van der Waals surface area contributed by atoms with Gasteiger partial charge in [-0.2, -0.15) is 0 Å². The van der Waals surface area contributed by atoms with Crippen molar-refractivity contribution >= 4 is 10.8 Å². The van der Waals surface area contributed by atoms with Crippen LogP contribution in [-0.4, -0.2) is 0 Å². The van der Waals surface area contributed by atoms with E-state index in [4.69, 9.17) is 0 Å². The summed E-state index contributed by atoms with van der Waals surface area (Å²) in [6, 6.07) is 16.1. The Morgan fingerprint density at radius 1 is 1.00 bits per heavy atom. The molecule has 0 radical (unpaired) electrons. The Kier molecular flexibility index (Phi) is 4.18. The van der Waals surface area contributed by atoms with Crippen molar-refractivity contribution in [2.45, 2.75) is 19.8 Å². The summed E-state index contributed by atoms with van der Waals surface area (Å²) >= 11 is 0. The maximum absolute atomic E-state index is 3.43. The predicted octanol–water partition coefficient (Wildman–Crippen LogP) is 0.767. The van der Waals surface area contributed by atoms with Gasteiger partial charge in [0.25, 0.3) is 0 Å². The minimum absolute atomic E-state index is 0. The second-order valence-electron chi connectivity index (χ2n) is 3.66. The number of benzene rings is 2. The van der Waals surface area contributed by atoms with Crippen LogP contribution in [0.15, 0.2) is 36.4 Å². The predicted molar refractivity (Wildman–Crippen MR) is 56.9 cm³/mol. The van der Waals surface area contributed by atoms with E-state index in [0.717, 1.165) is 0 Å². The average molecular weight is 192 g/mol. The molecule has 0 heterocycles. The van der Waals surface area contributed by atoms with Crippen LogP contribution < -0.4 is 29.6 Å². The molecule has 0 N–H and O–H groups in total. The first kappa shape index (κ1) is 11.8. The summed E-state index contributed by atoms with van der Waals surface area (Å²) < 4.78 is 0. The van der Waals surface area contributed by atoms with Crippen LogP contribution in [0, 0.1) is 6.07 Å². The zero-order chi connectivity index (χ0) is 9.26. The van der Waals surface area contributed by atoms with Gasteiger partial charge in [-0.1, -0.05) is 26.0 Å². The zero-order valence-corrected chi connectivity index (χ0v) is 11.0. The van der Waals surface area contributed by atoms with E-state index in [1.165, 1.54) is 16.3 Å². The van der Waals surface area contributed by atoms with Crippen molar-refractivity contribution in [2.75, 3.05) is 0 Å². The summed E-state index contributed by atoms with van der Waals surface area (Å²) in [4.78, 5) is 0. The van der Waals surface area contributed by atoms with Crippen LogP contribution in [-0.2, 0) is 0 Å². The third-order valence-corrected chi connectivity index (χ3v) is 2.30. The van der Waals surface area contributed by atoms with Crippen LogP contribution in [0.5, 0.6) is 0 Å². The van der Waals surface area contributed by atoms with Gasteiger partial charge in [0.05, 0.1) is 0 Å². The van der Waals surface area contributed by atoms with Gasteiger partial charge in [-0.15, -0.1) is 46.7 Å². The molecule has 0 spiro atoms. The second kappa shape index (κ2) is 4.97. The number of fused-ring (bicyclic) bond motifs is 1. The van der Waals surface area contributed by atoms with Crippen LogP contribution in [0.25, 0.3) is 10.8 Å². The van der Waals surface area contributed by atoms with Crippen molar-refractivity contribution in [3.05, 3.63) is 48.0 Å². The van der Waals surface area contributed by atoms with Crippen LogP contribution in [0.4, 0.5) is 0 Å². The van der Waals surface area contributed by atoms with Crippen molar-refractivity contribution in [1.29, 1.82) is 0 Å². The molecule has 0 aromatic heterocycles. The van der Waals surface area contributed by atoms with Crippen LogP contribution in [0.3, 0.4) is 0 Å².